The molecule has 2 heterocycles. The number of hydrogen-bond donors (Lipinski definition) is 1. The second-order valence-corrected chi connectivity index (χ2v) is 6.70. The summed E-state index contributed by atoms with van der Waals surface area (Å²) in [6.45, 7) is 2.26. The van der Waals surface area contributed by atoms with Crippen LogP contribution in [0, 0.1) is 0 Å². The predicted octanol–water partition coefficient (Wildman–Crippen LogP) is 3.36. The van der Waals surface area contributed by atoms with Crippen LogP contribution in [0.2, 0.25) is 0 Å². The molecule has 1 aromatic rings. The number of ether oxygens (including phenoxy) is 1. The molecular formula is C18H28N2O. The summed E-state index contributed by atoms with van der Waals surface area (Å²) in [6.07, 6.45) is 6.72. The normalized spacial score (nSPS) is 30.9. The first kappa shape index (κ1) is 14.9. The van der Waals surface area contributed by atoms with Crippen LogP contribution >= 0.6 is 0 Å². The molecule has 2 aliphatic rings. The Morgan fingerprint density at radius 1 is 1.19 bits per heavy atom. The molecule has 2 fully saturated rings. The van der Waals surface area contributed by atoms with Gasteiger partial charge in [-0.25, -0.2) is 0 Å². The molecule has 1 N–H and O–H groups in total. The number of piperidine rings is 2. The average Bonchev–Trinajstić information content (AvgIpc) is 2.48. The highest BCUT2D eigenvalue weighted by Gasteiger charge is 2.36. The Balaban J connectivity index is 1.66. The lowest BCUT2D eigenvalue weighted by Crippen LogP contribution is -2.54. The van der Waals surface area contributed by atoms with Gasteiger partial charge in [-0.3, -0.25) is 0 Å². The van der Waals surface area contributed by atoms with Crippen LogP contribution < -0.4 is 10.1 Å². The summed E-state index contributed by atoms with van der Waals surface area (Å²) >= 11 is 0. The lowest BCUT2D eigenvalue weighted by molar-refractivity contribution is 0.0462. The standard InChI is InChI=1S/C18H28N2O/c1-13(17-9-4-5-10-18(17)21-3)19-14-11-15-7-6-8-16(12-14)20(15)2/h4-5,9-10,13-16,19H,6-8,11-12H2,1-3H3. The molecule has 116 valence electrons. The lowest BCUT2D eigenvalue weighted by Gasteiger charge is -2.47. The van der Waals surface area contributed by atoms with E-state index in [0.717, 1.165) is 17.8 Å². The zero-order valence-electron chi connectivity index (χ0n) is 13.5. The van der Waals surface area contributed by atoms with E-state index in [1.807, 2.05) is 6.07 Å². The fourth-order valence-electron chi connectivity index (χ4n) is 4.22. The van der Waals surface area contributed by atoms with E-state index in [1.165, 1.54) is 37.7 Å². The second kappa shape index (κ2) is 6.37. The number of hydrogen-bond acceptors (Lipinski definition) is 3. The van der Waals surface area contributed by atoms with E-state index in [9.17, 15) is 0 Å². The number of benzene rings is 1. The second-order valence-electron chi connectivity index (χ2n) is 6.70. The summed E-state index contributed by atoms with van der Waals surface area (Å²) in [5.41, 5.74) is 1.27. The molecule has 1 aromatic carbocycles. The van der Waals surface area contributed by atoms with Gasteiger partial charge in [0.1, 0.15) is 5.75 Å². The van der Waals surface area contributed by atoms with Crippen molar-refractivity contribution >= 4 is 0 Å². The van der Waals surface area contributed by atoms with Gasteiger partial charge in [0.25, 0.3) is 0 Å². The zero-order valence-corrected chi connectivity index (χ0v) is 13.5. The minimum Gasteiger partial charge on any atom is -0.496 e. The SMILES string of the molecule is COc1ccccc1C(C)NC1CC2CCCC(C1)N2C. The number of fused-ring (bicyclic) bond motifs is 2. The van der Waals surface area contributed by atoms with Gasteiger partial charge in [0.15, 0.2) is 0 Å². The monoisotopic (exact) mass is 288 g/mol. The number of para-hydroxylation sites is 1. The van der Waals surface area contributed by atoms with Crippen molar-refractivity contribution in [3.8, 4) is 5.75 Å². The molecule has 2 aliphatic heterocycles. The van der Waals surface area contributed by atoms with Crippen LogP contribution in [0.1, 0.15) is 50.6 Å². The molecule has 0 spiro atoms. The van der Waals surface area contributed by atoms with Gasteiger partial charge in [0, 0.05) is 29.7 Å². The van der Waals surface area contributed by atoms with Crippen molar-refractivity contribution in [3.63, 3.8) is 0 Å². The van der Waals surface area contributed by atoms with Crippen LogP contribution in [0.4, 0.5) is 0 Å². The van der Waals surface area contributed by atoms with Gasteiger partial charge in [0.2, 0.25) is 0 Å². The molecule has 0 aliphatic carbocycles. The molecule has 0 amide bonds. The first-order valence-electron chi connectivity index (χ1n) is 8.30. The highest BCUT2D eigenvalue weighted by molar-refractivity contribution is 5.35. The van der Waals surface area contributed by atoms with Crippen LogP contribution in [0.5, 0.6) is 5.75 Å². The van der Waals surface area contributed by atoms with Crippen molar-refractivity contribution < 1.29 is 4.74 Å². The van der Waals surface area contributed by atoms with Gasteiger partial charge in [-0.1, -0.05) is 24.6 Å². The van der Waals surface area contributed by atoms with Crippen LogP contribution in [0.25, 0.3) is 0 Å². The summed E-state index contributed by atoms with van der Waals surface area (Å²) in [4.78, 5) is 2.62. The van der Waals surface area contributed by atoms with Crippen molar-refractivity contribution in [2.75, 3.05) is 14.2 Å². The van der Waals surface area contributed by atoms with E-state index >= 15 is 0 Å². The quantitative estimate of drug-likeness (QED) is 0.919. The molecule has 3 unspecified atom stereocenters. The van der Waals surface area contributed by atoms with Crippen molar-refractivity contribution in [1.29, 1.82) is 0 Å². The molecule has 0 radical (unpaired) electrons. The van der Waals surface area contributed by atoms with Gasteiger partial charge < -0.3 is 15.0 Å². The zero-order chi connectivity index (χ0) is 14.8. The number of nitrogens with zero attached hydrogens (tertiary/aromatic N) is 1. The predicted molar refractivity (Wildman–Crippen MR) is 86.8 cm³/mol. The van der Waals surface area contributed by atoms with E-state index < -0.39 is 0 Å². The van der Waals surface area contributed by atoms with Crippen LogP contribution in [-0.4, -0.2) is 37.2 Å². The molecule has 0 aromatic heterocycles. The molecule has 3 heteroatoms. The Bertz CT molecular complexity index is 462. The number of methoxy groups -OCH3 is 1. The third-order valence-electron chi connectivity index (χ3n) is 5.43. The summed E-state index contributed by atoms with van der Waals surface area (Å²) in [7, 11) is 4.07. The maximum atomic E-state index is 5.50. The number of nitrogens with one attached hydrogen (secondary N) is 1. The van der Waals surface area contributed by atoms with E-state index in [0.29, 0.717) is 12.1 Å². The van der Waals surface area contributed by atoms with E-state index in [4.69, 9.17) is 4.74 Å². The maximum Gasteiger partial charge on any atom is 0.123 e. The summed E-state index contributed by atoms with van der Waals surface area (Å²) in [5, 5.41) is 3.85. The molecule has 21 heavy (non-hydrogen) atoms. The molecule has 3 nitrogen and oxygen atoms in total. The van der Waals surface area contributed by atoms with Gasteiger partial charge in [0.05, 0.1) is 7.11 Å². The van der Waals surface area contributed by atoms with Gasteiger partial charge in [-0.15, -0.1) is 0 Å². The maximum absolute atomic E-state index is 5.50. The van der Waals surface area contributed by atoms with Crippen molar-refractivity contribution in [2.45, 2.75) is 63.2 Å². The van der Waals surface area contributed by atoms with Crippen molar-refractivity contribution in [3.05, 3.63) is 29.8 Å². The third-order valence-corrected chi connectivity index (χ3v) is 5.43. The van der Waals surface area contributed by atoms with Crippen molar-refractivity contribution in [1.82, 2.24) is 10.2 Å². The fraction of sp³-hybridized carbons (Fsp3) is 0.667. The summed E-state index contributed by atoms with van der Waals surface area (Å²) in [5.74, 6) is 0.991. The highest BCUT2D eigenvalue weighted by Crippen LogP contribution is 2.34. The Morgan fingerprint density at radius 2 is 1.86 bits per heavy atom. The molecular weight excluding hydrogens is 260 g/mol. The molecule has 2 bridgehead atoms. The Morgan fingerprint density at radius 3 is 2.52 bits per heavy atom. The molecule has 3 atom stereocenters. The van der Waals surface area contributed by atoms with Crippen molar-refractivity contribution in [2.24, 2.45) is 0 Å². The number of rotatable bonds is 4. The first-order valence-corrected chi connectivity index (χ1v) is 8.30. The minimum absolute atomic E-state index is 0.343. The van der Waals surface area contributed by atoms with E-state index in [1.54, 1.807) is 7.11 Å². The Hall–Kier alpha value is -1.06. The smallest absolute Gasteiger partial charge is 0.123 e. The molecule has 3 rings (SSSR count). The fourth-order valence-corrected chi connectivity index (χ4v) is 4.22. The van der Waals surface area contributed by atoms with E-state index in [2.05, 4.69) is 42.4 Å². The Kier molecular flexibility index (Phi) is 4.51. The van der Waals surface area contributed by atoms with Crippen LogP contribution in [-0.2, 0) is 0 Å². The van der Waals surface area contributed by atoms with Crippen LogP contribution in [0.3, 0.4) is 0 Å². The Labute approximate surface area is 128 Å². The van der Waals surface area contributed by atoms with Crippen LogP contribution in [0.15, 0.2) is 24.3 Å². The van der Waals surface area contributed by atoms with E-state index in [-0.39, 0.29) is 0 Å². The average molecular weight is 288 g/mol. The first-order chi connectivity index (χ1) is 10.2. The summed E-state index contributed by atoms with van der Waals surface area (Å²) in [6, 6.07) is 10.9. The highest BCUT2D eigenvalue weighted by atomic mass is 16.5. The summed E-state index contributed by atoms with van der Waals surface area (Å²) < 4.78 is 5.50. The topological polar surface area (TPSA) is 24.5 Å². The lowest BCUT2D eigenvalue weighted by atomic mass is 9.82. The molecule has 2 saturated heterocycles. The van der Waals surface area contributed by atoms with Gasteiger partial charge in [-0.05, 0) is 45.7 Å². The molecule has 0 saturated carbocycles. The van der Waals surface area contributed by atoms with Gasteiger partial charge >= 0.3 is 0 Å². The third kappa shape index (κ3) is 3.09. The largest absolute Gasteiger partial charge is 0.496 e. The van der Waals surface area contributed by atoms with Gasteiger partial charge in [-0.2, -0.15) is 0 Å². The minimum atomic E-state index is 0.343.